The van der Waals surface area contributed by atoms with Crippen LogP contribution in [0.1, 0.15) is 16.7 Å². The van der Waals surface area contributed by atoms with Gasteiger partial charge in [-0.25, -0.2) is 0 Å². The first-order valence-electron chi connectivity index (χ1n) is 5.59. The van der Waals surface area contributed by atoms with E-state index in [9.17, 15) is 10.2 Å². The maximum Gasteiger partial charge on any atom is 0.126 e. The molecule has 0 saturated heterocycles. The molecule has 0 radical (unpaired) electrons. The second-order valence-electron chi connectivity index (χ2n) is 4.50. The maximum absolute atomic E-state index is 10.1. The molecule has 2 aromatic carbocycles. The van der Waals surface area contributed by atoms with Crippen molar-refractivity contribution in [3.8, 4) is 22.6 Å². The van der Waals surface area contributed by atoms with Crippen LogP contribution in [-0.2, 0) is 0 Å². The van der Waals surface area contributed by atoms with Crippen molar-refractivity contribution in [3.63, 3.8) is 0 Å². The van der Waals surface area contributed by atoms with Gasteiger partial charge in [-0.3, -0.25) is 0 Å². The van der Waals surface area contributed by atoms with Crippen LogP contribution in [0.3, 0.4) is 0 Å². The SMILES string of the molecule is Cc1ccc(-c2cc(C)cc(C)c2O)c(O)c1. The van der Waals surface area contributed by atoms with Crippen LogP contribution >= 0.6 is 0 Å². The van der Waals surface area contributed by atoms with Crippen molar-refractivity contribution < 1.29 is 10.2 Å². The Kier molecular flexibility index (Phi) is 2.80. The Labute approximate surface area is 101 Å². The van der Waals surface area contributed by atoms with Crippen molar-refractivity contribution in [2.24, 2.45) is 0 Å². The number of hydrogen-bond acceptors (Lipinski definition) is 2. The van der Waals surface area contributed by atoms with Crippen LogP contribution in [0.15, 0.2) is 30.3 Å². The van der Waals surface area contributed by atoms with E-state index in [0.29, 0.717) is 11.1 Å². The summed E-state index contributed by atoms with van der Waals surface area (Å²) in [6, 6.07) is 9.26. The fourth-order valence-electron chi connectivity index (χ4n) is 2.03. The standard InChI is InChI=1S/C15H16O2/c1-9-4-5-12(14(16)8-9)13-7-10(2)6-11(3)15(13)17/h4-8,16-17H,1-3H3. The van der Waals surface area contributed by atoms with Crippen molar-refractivity contribution in [2.45, 2.75) is 20.8 Å². The summed E-state index contributed by atoms with van der Waals surface area (Å²) in [5, 5.41) is 20.0. The van der Waals surface area contributed by atoms with Crippen LogP contribution in [0.5, 0.6) is 11.5 Å². The average molecular weight is 228 g/mol. The number of aromatic hydroxyl groups is 2. The molecular formula is C15H16O2. The third-order valence-electron chi connectivity index (χ3n) is 2.89. The van der Waals surface area contributed by atoms with E-state index in [1.165, 1.54) is 0 Å². The molecule has 0 bridgehead atoms. The molecule has 0 saturated carbocycles. The Morgan fingerprint density at radius 3 is 2.12 bits per heavy atom. The van der Waals surface area contributed by atoms with Crippen LogP contribution in [0.2, 0.25) is 0 Å². The molecule has 2 N–H and O–H groups in total. The third-order valence-corrected chi connectivity index (χ3v) is 2.89. The maximum atomic E-state index is 10.1. The van der Waals surface area contributed by atoms with Gasteiger partial charge < -0.3 is 10.2 Å². The number of phenolic OH excluding ortho intramolecular Hbond substituents is 2. The lowest BCUT2D eigenvalue weighted by atomic mass is 9.97. The number of benzene rings is 2. The number of rotatable bonds is 1. The largest absolute Gasteiger partial charge is 0.507 e. The summed E-state index contributed by atoms with van der Waals surface area (Å²) >= 11 is 0. The zero-order valence-corrected chi connectivity index (χ0v) is 10.3. The minimum Gasteiger partial charge on any atom is -0.507 e. The van der Waals surface area contributed by atoms with Crippen LogP contribution in [0, 0.1) is 20.8 Å². The van der Waals surface area contributed by atoms with E-state index in [1.54, 1.807) is 6.07 Å². The lowest BCUT2D eigenvalue weighted by molar-refractivity contribution is 0.466. The minimum absolute atomic E-state index is 0.199. The molecule has 0 heterocycles. The molecule has 0 amide bonds. The first-order chi connectivity index (χ1) is 7.99. The zero-order valence-electron chi connectivity index (χ0n) is 10.3. The van der Waals surface area contributed by atoms with Gasteiger partial charge >= 0.3 is 0 Å². The lowest BCUT2D eigenvalue weighted by Crippen LogP contribution is -1.86. The predicted molar refractivity (Wildman–Crippen MR) is 69.4 cm³/mol. The Morgan fingerprint density at radius 2 is 1.47 bits per heavy atom. The van der Waals surface area contributed by atoms with Crippen molar-refractivity contribution >= 4 is 0 Å². The molecule has 0 aliphatic heterocycles. The number of hydrogen-bond donors (Lipinski definition) is 2. The van der Waals surface area contributed by atoms with Gasteiger partial charge in [-0.2, -0.15) is 0 Å². The zero-order chi connectivity index (χ0) is 12.6. The van der Waals surface area contributed by atoms with E-state index in [4.69, 9.17) is 0 Å². The first kappa shape index (κ1) is 11.5. The molecule has 0 aromatic heterocycles. The smallest absolute Gasteiger partial charge is 0.126 e. The predicted octanol–water partition coefficient (Wildman–Crippen LogP) is 3.69. The molecule has 17 heavy (non-hydrogen) atoms. The van der Waals surface area contributed by atoms with Gasteiger partial charge in [0.2, 0.25) is 0 Å². The summed E-state index contributed by atoms with van der Waals surface area (Å²) in [4.78, 5) is 0. The Morgan fingerprint density at radius 1 is 0.765 bits per heavy atom. The van der Waals surface area contributed by atoms with Crippen molar-refractivity contribution in [1.82, 2.24) is 0 Å². The molecule has 0 fully saturated rings. The van der Waals surface area contributed by atoms with E-state index in [0.717, 1.165) is 16.7 Å². The molecular weight excluding hydrogens is 212 g/mol. The highest BCUT2D eigenvalue weighted by Gasteiger charge is 2.11. The Bertz CT molecular complexity index is 571. The Hall–Kier alpha value is -1.96. The van der Waals surface area contributed by atoms with Crippen LogP contribution in [0.4, 0.5) is 0 Å². The molecule has 0 aliphatic rings. The normalized spacial score (nSPS) is 10.5. The molecule has 0 unspecified atom stereocenters. The summed E-state index contributed by atoms with van der Waals surface area (Å²) in [6.07, 6.45) is 0. The summed E-state index contributed by atoms with van der Waals surface area (Å²) in [5.74, 6) is 0.431. The monoisotopic (exact) mass is 228 g/mol. The van der Waals surface area contributed by atoms with Crippen molar-refractivity contribution in [1.29, 1.82) is 0 Å². The van der Waals surface area contributed by atoms with Crippen LogP contribution in [0.25, 0.3) is 11.1 Å². The highest BCUT2D eigenvalue weighted by molar-refractivity contribution is 5.77. The fraction of sp³-hybridized carbons (Fsp3) is 0.200. The van der Waals surface area contributed by atoms with E-state index in [1.807, 2.05) is 45.0 Å². The second-order valence-corrected chi connectivity index (χ2v) is 4.50. The Balaban J connectivity index is 2.68. The molecule has 2 heteroatoms. The quantitative estimate of drug-likeness (QED) is 0.781. The average Bonchev–Trinajstić information content (AvgIpc) is 2.24. The molecule has 88 valence electrons. The van der Waals surface area contributed by atoms with Gasteiger partial charge in [-0.15, -0.1) is 0 Å². The minimum atomic E-state index is 0.199. The van der Waals surface area contributed by atoms with Gasteiger partial charge in [0.15, 0.2) is 0 Å². The van der Waals surface area contributed by atoms with E-state index in [-0.39, 0.29) is 11.5 Å². The van der Waals surface area contributed by atoms with Gasteiger partial charge in [0.05, 0.1) is 0 Å². The van der Waals surface area contributed by atoms with Gasteiger partial charge in [0.1, 0.15) is 11.5 Å². The van der Waals surface area contributed by atoms with Crippen molar-refractivity contribution in [2.75, 3.05) is 0 Å². The van der Waals surface area contributed by atoms with Crippen molar-refractivity contribution in [3.05, 3.63) is 47.0 Å². The molecule has 0 atom stereocenters. The highest BCUT2D eigenvalue weighted by Crippen LogP contribution is 2.38. The summed E-state index contributed by atoms with van der Waals surface area (Å²) in [5.41, 5.74) is 4.23. The van der Waals surface area contributed by atoms with Gasteiger partial charge in [0, 0.05) is 11.1 Å². The molecule has 2 nitrogen and oxygen atoms in total. The van der Waals surface area contributed by atoms with Gasteiger partial charge in [-0.1, -0.05) is 18.2 Å². The first-order valence-corrected chi connectivity index (χ1v) is 5.59. The third kappa shape index (κ3) is 2.11. The molecule has 0 aliphatic carbocycles. The molecule has 0 spiro atoms. The highest BCUT2D eigenvalue weighted by atomic mass is 16.3. The van der Waals surface area contributed by atoms with E-state index >= 15 is 0 Å². The summed E-state index contributed by atoms with van der Waals surface area (Å²) < 4.78 is 0. The second kappa shape index (κ2) is 4.13. The summed E-state index contributed by atoms with van der Waals surface area (Å²) in [7, 11) is 0. The van der Waals surface area contributed by atoms with E-state index in [2.05, 4.69) is 0 Å². The van der Waals surface area contributed by atoms with Crippen LogP contribution < -0.4 is 0 Å². The van der Waals surface area contributed by atoms with Gasteiger partial charge in [0.25, 0.3) is 0 Å². The summed E-state index contributed by atoms with van der Waals surface area (Å²) in [6.45, 7) is 5.75. The lowest BCUT2D eigenvalue weighted by Gasteiger charge is -2.11. The molecule has 2 aromatic rings. The van der Waals surface area contributed by atoms with E-state index < -0.39 is 0 Å². The number of aryl methyl sites for hydroxylation is 3. The molecule has 2 rings (SSSR count). The topological polar surface area (TPSA) is 40.5 Å². The van der Waals surface area contributed by atoms with Gasteiger partial charge in [-0.05, 0) is 49.6 Å². The number of phenols is 2. The fourth-order valence-corrected chi connectivity index (χ4v) is 2.03. The van der Waals surface area contributed by atoms with Crippen LogP contribution in [-0.4, -0.2) is 10.2 Å².